The quantitative estimate of drug-likeness (QED) is 0.752. The van der Waals surface area contributed by atoms with Crippen molar-refractivity contribution in [3.63, 3.8) is 0 Å². The maximum atomic E-state index is 11.9. The molecule has 0 bridgehead atoms. The van der Waals surface area contributed by atoms with Gasteiger partial charge in [0.1, 0.15) is 5.75 Å². The van der Waals surface area contributed by atoms with Gasteiger partial charge in [0.15, 0.2) is 6.10 Å². The smallest absolute Gasteiger partial charge is 0.260 e. The molecule has 0 radical (unpaired) electrons. The Kier molecular flexibility index (Phi) is 7.06. The van der Waals surface area contributed by atoms with Gasteiger partial charge in [0.25, 0.3) is 5.91 Å². The van der Waals surface area contributed by atoms with E-state index in [0.29, 0.717) is 12.5 Å². The molecule has 112 valence electrons. The van der Waals surface area contributed by atoms with Crippen molar-refractivity contribution in [2.75, 3.05) is 6.54 Å². The number of amides is 1. The third-order valence-electron chi connectivity index (χ3n) is 3.10. The first kappa shape index (κ1) is 17.0. The number of nitrogens with one attached hydrogen (secondary N) is 1. The molecule has 1 atom stereocenters. The molecule has 0 heterocycles. The van der Waals surface area contributed by atoms with Gasteiger partial charge in [0.05, 0.1) is 0 Å². The van der Waals surface area contributed by atoms with Gasteiger partial charge in [-0.25, -0.2) is 0 Å². The summed E-state index contributed by atoms with van der Waals surface area (Å²) in [6.07, 6.45) is 1.58. The van der Waals surface area contributed by atoms with E-state index in [1.165, 1.54) is 0 Å². The van der Waals surface area contributed by atoms with Gasteiger partial charge in [-0.2, -0.15) is 0 Å². The topological polar surface area (TPSA) is 38.3 Å². The predicted octanol–water partition coefficient (Wildman–Crippen LogP) is 4.26. The van der Waals surface area contributed by atoms with Gasteiger partial charge >= 0.3 is 0 Å². The maximum absolute atomic E-state index is 11.9. The molecule has 1 N–H and O–H groups in total. The van der Waals surface area contributed by atoms with Gasteiger partial charge < -0.3 is 10.1 Å². The highest BCUT2D eigenvalue weighted by Gasteiger charge is 2.17. The minimum absolute atomic E-state index is 0.0592. The average Bonchev–Trinajstić information content (AvgIpc) is 2.40. The highest BCUT2D eigenvalue weighted by molar-refractivity contribution is 9.10. The van der Waals surface area contributed by atoms with E-state index in [4.69, 9.17) is 4.74 Å². The standard InChI is InChI=1S/C16H24BrNO2/c1-5-6-9-18-16(19)12(4)20-15-8-7-13(17)10-14(15)11(2)3/h7-8,10-12H,5-6,9H2,1-4H3,(H,18,19). The third kappa shape index (κ3) is 5.16. The molecule has 20 heavy (non-hydrogen) atoms. The second-order valence-electron chi connectivity index (χ2n) is 5.24. The van der Waals surface area contributed by atoms with Crippen molar-refractivity contribution in [2.24, 2.45) is 0 Å². The van der Waals surface area contributed by atoms with E-state index < -0.39 is 6.10 Å². The lowest BCUT2D eigenvalue weighted by Gasteiger charge is -2.19. The van der Waals surface area contributed by atoms with Gasteiger partial charge in [-0.1, -0.05) is 43.1 Å². The first-order valence-corrected chi connectivity index (χ1v) is 7.98. The number of carbonyl (C=O) groups is 1. The maximum Gasteiger partial charge on any atom is 0.260 e. The fraction of sp³-hybridized carbons (Fsp3) is 0.562. The van der Waals surface area contributed by atoms with Crippen LogP contribution in [-0.4, -0.2) is 18.6 Å². The Balaban J connectivity index is 2.70. The zero-order valence-electron chi connectivity index (χ0n) is 12.7. The summed E-state index contributed by atoms with van der Waals surface area (Å²) in [5.74, 6) is 1.07. The van der Waals surface area contributed by atoms with Crippen LogP contribution in [0.1, 0.15) is 52.0 Å². The van der Waals surface area contributed by atoms with E-state index in [0.717, 1.165) is 28.6 Å². The van der Waals surface area contributed by atoms with Gasteiger partial charge in [0, 0.05) is 11.0 Å². The second-order valence-corrected chi connectivity index (χ2v) is 6.16. The Bertz CT molecular complexity index is 446. The molecular weight excluding hydrogens is 318 g/mol. The Labute approximate surface area is 130 Å². The van der Waals surface area contributed by atoms with Crippen LogP contribution in [0.2, 0.25) is 0 Å². The zero-order valence-corrected chi connectivity index (χ0v) is 14.3. The summed E-state index contributed by atoms with van der Waals surface area (Å²) < 4.78 is 6.84. The number of carbonyl (C=O) groups excluding carboxylic acids is 1. The largest absolute Gasteiger partial charge is 0.481 e. The first-order valence-electron chi connectivity index (χ1n) is 7.19. The summed E-state index contributed by atoms with van der Waals surface area (Å²) in [4.78, 5) is 11.9. The molecule has 3 nitrogen and oxygen atoms in total. The molecule has 1 aromatic rings. The van der Waals surface area contributed by atoms with Gasteiger partial charge in [-0.05, 0) is 43.0 Å². The SMILES string of the molecule is CCCCNC(=O)C(C)Oc1ccc(Br)cc1C(C)C. The number of ether oxygens (including phenoxy) is 1. The Hall–Kier alpha value is -1.03. The average molecular weight is 342 g/mol. The van der Waals surface area contributed by atoms with Gasteiger partial charge in [0.2, 0.25) is 0 Å². The van der Waals surface area contributed by atoms with E-state index in [1.54, 1.807) is 6.92 Å². The molecule has 1 unspecified atom stereocenters. The van der Waals surface area contributed by atoms with E-state index >= 15 is 0 Å². The lowest BCUT2D eigenvalue weighted by molar-refractivity contribution is -0.127. The van der Waals surface area contributed by atoms with Crippen molar-refractivity contribution >= 4 is 21.8 Å². The van der Waals surface area contributed by atoms with E-state index in [9.17, 15) is 4.79 Å². The molecule has 0 aliphatic rings. The molecule has 0 aromatic heterocycles. The normalized spacial score (nSPS) is 12.3. The fourth-order valence-corrected chi connectivity index (χ4v) is 2.23. The Morgan fingerprint density at radius 3 is 2.65 bits per heavy atom. The van der Waals surface area contributed by atoms with Crippen molar-refractivity contribution in [1.82, 2.24) is 5.32 Å². The number of rotatable bonds is 7. The highest BCUT2D eigenvalue weighted by atomic mass is 79.9. The summed E-state index contributed by atoms with van der Waals surface area (Å²) in [7, 11) is 0. The molecule has 4 heteroatoms. The van der Waals surface area contributed by atoms with Crippen molar-refractivity contribution in [1.29, 1.82) is 0 Å². The molecule has 0 fully saturated rings. The van der Waals surface area contributed by atoms with Gasteiger partial charge in [-0.15, -0.1) is 0 Å². The molecule has 1 aromatic carbocycles. The van der Waals surface area contributed by atoms with Crippen LogP contribution in [0.5, 0.6) is 5.75 Å². The Morgan fingerprint density at radius 1 is 1.35 bits per heavy atom. The van der Waals surface area contributed by atoms with Crippen molar-refractivity contribution in [3.8, 4) is 5.75 Å². The van der Waals surface area contributed by atoms with Crippen LogP contribution in [0.15, 0.2) is 22.7 Å². The van der Waals surface area contributed by atoms with Crippen LogP contribution in [-0.2, 0) is 4.79 Å². The molecule has 0 aliphatic heterocycles. The van der Waals surface area contributed by atoms with Crippen LogP contribution >= 0.6 is 15.9 Å². The first-order chi connectivity index (χ1) is 9.45. The molecule has 0 saturated heterocycles. The van der Waals surface area contributed by atoms with Crippen LogP contribution < -0.4 is 10.1 Å². The molecule has 0 aliphatic carbocycles. The minimum Gasteiger partial charge on any atom is -0.481 e. The number of hydrogen-bond donors (Lipinski definition) is 1. The van der Waals surface area contributed by atoms with Crippen LogP contribution in [0, 0.1) is 0 Å². The summed E-state index contributed by atoms with van der Waals surface area (Å²) in [6.45, 7) is 8.82. The lowest BCUT2D eigenvalue weighted by Crippen LogP contribution is -2.37. The highest BCUT2D eigenvalue weighted by Crippen LogP contribution is 2.30. The number of hydrogen-bond acceptors (Lipinski definition) is 2. The van der Waals surface area contributed by atoms with Crippen molar-refractivity contribution in [3.05, 3.63) is 28.2 Å². The molecule has 1 rings (SSSR count). The number of unbranched alkanes of at least 4 members (excludes halogenated alkanes) is 1. The zero-order chi connectivity index (χ0) is 15.1. The minimum atomic E-state index is -0.481. The van der Waals surface area contributed by atoms with Crippen molar-refractivity contribution in [2.45, 2.75) is 52.6 Å². The molecular formula is C16H24BrNO2. The van der Waals surface area contributed by atoms with Crippen LogP contribution in [0.25, 0.3) is 0 Å². The fourth-order valence-electron chi connectivity index (χ4n) is 1.85. The molecule has 0 saturated carbocycles. The number of halogens is 1. The van der Waals surface area contributed by atoms with Gasteiger partial charge in [-0.3, -0.25) is 4.79 Å². The summed E-state index contributed by atoms with van der Waals surface area (Å²) in [5, 5.41) is 2.89. The van der Waals surface area contributed by atoms with E-state index in [2.05, 4.69) is 42.0 Å². The summed E-state index contributed by atoms with van der Waals surface area (Å²) >= 11 is 3.47. The number of benzene rings is 1. The van der Waals surface area contributed by atoms with Crippen LogP contribution in [0.3, 0.4) is 0 Å². The van der Waals surface area contributed by atoms with Crippen molar-refractivity contribution < 1.29 is 9.53 Å². The predicted molar refractivity (Wildman–Crippen MR) is 86.2 cm³/mol. The molecule has 0 spiro atoms. The second kappa shape index (κ2) is 8.30. The monoisotopic (exact) mass is 341 g/mol. The van der Waals surface area contributed by atoms with Crippen LogP contribution in [0.4, 0.5) is 0 Å². The Morgan fingerprint density at radius 2 is 2.05 bits per heavy atom. The van der Waals surface area contributed by atoms with E-state index in [-0.39, 0.29) is 5.91 Å². The van der Waals surface area contributed by atoms with E-state index in [1.807, 2.05) is 18.2 Å². The summed E-state index contributed by atoms with van der Waals surface area (Å²) in [5.41, 5.74) is 1.10. The lowest BCUT2D eigenvalue weighted by atomic mass is 10.0. The third-order valence-corrected chi connectivity index (χ3v) is 3.59. The molecule has 1 amide bonds. The summed E-state index contributed by atoms with van der Waals surface area (Å²) in [6, 6.07) is 5.89.